The van der Waals surface area contributed by atoms with Crippen LogP contribution in [0.25, 0.3) is 0 Å². The predicted molar refractivity (Wildman–Crippen MR) is 66.6 cm³/mol. The Balaban J connectivity index is 2.40. The van der Waals surface area contributed by atoms with Crippen LogP contribution in [0.1, 0.15) is 5.56 Å². The molecular weight excluding hydrogens is 298 g/mol. The fourth-order valence-electron chi connectivity index (χ4n) is 1.63. The summed E-state index contributed by atoms with van der Waals surface area (Å²) in [7, 11) is 1.95. The summed E-state index contributed by atoms with van der Waals surface area (Å²) in [5, 5.41) is -0.119. The highest BCUT2D eigenvalue weighted by Crippen LogP contribution is 2.33. The van der Waals surface area contributed by atoms with Crippen molar-refractivity contribution in [1.82, 2.24) is 0 Å². The Bertz CT molecular complexity index is 604. The molecule has 20 heavy (non-hydrogen) atoms. The first kappa shape index (κ1) is 14.7. The number of hydrogen-bond donors (Lipinski definition) is 0. The zero-order chi connectivity index (χ0) is 14.9. The summed E-state index contributed by atoms with van der Waals surface area (Å²) in [4.78, 5) is 0. The summed E-state index contributed by atoms with van der Waals surface area (Å²) in [6, 6.07) is 5.01. The SMILES string of the molecule is Fc1cc(F)cc(OC(F)(F)c2c(F)cccc2P)c1. The normalized spacial score (nSPS) is 11.5. The van der Waals surface area contributed by atoms with E-state index in [9.17, 15) is 22.0 Å². The number of ether oxygens (including phenoxy) is 1. The van der Waals surface area contributed by atoms with Crippen LogP contribution in [0.3, 0.4) is 0 Å². The van der Waals surface area contributed by atoms with Crippen LogP contribution in [0.5, 0.6) is 5.75 Å². The molecule has 1 unspecified atom stereocenters. The van der Waals surface area contributed by atoms with Gasteiger partial charge in [-0.25, -0.2) is 13.2 Å². The molecule has 0 saturated carbocycles. The maximum Gasteiger partial charge on any atom is 0.430 e. The van der Waals surface area contributed by atoms with Crippen LogP contribution in [0.15, 0.2) is 36.4 Å². The van der Waals surface area contributed by atoms with Crippen molar-refractivity contribution in [1.29, 1.82) is 0 Å². The van der Waals surface area contributed by atoms with Crippen LogP contribution in [0.4, 0.5) is 22.0 Å². The molecule has 0 aromatic heterocycles. The van der Waals surface area contributed by atoms with E-state index in [2.05, 4.69) is 4.74 Å². The summed E-state index contributed by atoms with van der Waals surface area (Å²) >= 11 is 0. The molecule has 0 heterocycles. The van der Waals surface area contributed by atoms with Crippen LogP contribution in [-0.2, 0) is 6.11 Å². The van der Waals surface area contributed by atoms with Crippen molar-refractivity contribution >= 4 is 14.5 Å². The van der Waals surface area contributed by atoms with Gasteiger partial charge in [0.15, 0.2) is 0 Å². The van der Waals surface area contributed by atoms with Crippen molar-refractivity contribution < 1.29 is 26.7 Å². The maximum atomic E-state index is 13.9. The van der Waals surface area contributed by atoms with Gasteiger partial charge in [0.05, 0.1) is 0 Å². The summed E-state index contributed by atoms with van der Waals surface area (Å²) < 4.78 is 71.4. The third-order valence-corrected chi connectivity index (χ3v) is 2.90. The molecular formula is C13H8F5OP. The van der Waals surface area contributed by atoms with Gasteiger partial charge in [0.1, 0.15) is 28.8 Å². The van der Waals surface area contributed by atoms with Gasteiger partial charge < -0.3 is 4.74 Å². The second-order valence-electron chi connectivity index (χ2n) is 3.93. The molecule has 0 N–H and O–H groups in total. The molecule has 0 spiro atoms. The highest BCUT2D eigenvalue weighted by Gasteiger charge is 2.39. The number of halogens is 5. The lowest BCUT2D eigenvalue weighted by atomic mass is 10.2. The standard InChI is InChI=1S/C13H8F5OP/c14-7-4-8(15)6-9(5-7)19-13(17,18)12-10(16)2-1-3-11(12)20/h1-6H,20H2. The Morgan fingerprint density at radius 3 is 2.10 bits per heavy atom. The zero-order valence-corrected chi connectivity index (χ0v) is 11.0. The lowest BCUT2D eigenvalue weighted by Gasteiger charge is -2.20. The Hall–Kier alpha value is -1.68. The highest BCUT2D eigenvalue weighted by molar-refractivity contribution is 7.27. The quantitative estimate of drug-likeness (QED) is 0.620. The van der Waals surface area contributed by atoms with Crippen LogP contribution in [0.2, 0.25) is 0 Å². The van der Waals surface area contributed by atoms with Gasteiger partial charge in [-0.05, 0) is 11.4 Å². The molecule has 0 radical (unpaired) electrons. The minimum atomic E-state index is -4.07. The van der Waals surface area contributed by atoms with Crippen molar-refractivity contribution in [3.63, 3.8) is 0 Å². The van der Waals surface area contributed by atoms with E-state index in [0.29, 0.717) is 18.2 Å². The molecule has 1 nitrogen and oxygen atoms in total. The van der Waals surface area contributed by atoms with Crippen molar-refractivity contribution in [3.05, 3.63) is 59.4 Å². The minimum absolute atomic E-state index is 0.119. The highest BCUT2D eigenvalue weighted by atomic mass is 31.0. The lowest BCUT2D eigenvalue weighted by Crippen LogP contribution is -2.28. The molecule has 0 amide bonds. The molecule has 0 saturated heterocycles. The van der Waals surface area contributed by atoms with Crippen LogP contribution < -0.4 is 10.0 Å². The van der Waals surface area contributed by atoms with Gasteiger partial charge >= 0.3 is 6.11 Å². The van der Waals surface area contributed by atoms with E-state index in [1.165, 1.54) is 12.1 Å². The van der Waals surface area contributed by atoms with E-state index < -0.39 is 34.9 Å². The van der Waals surface area contributed by atoms with Gasteiger partial charge in [0, 0.05) is 18.2 Å². The van der Waals surface area contributed by atoms with Gasteiger partial charge in [0.2, 0.25) is 0 Å². The van der Waals surface area contributed by atoms with Gasteiger partial charge in [-0.2, -0.15) is 8.78 Å². The molecule has 2 rings (SSSR count). The summed E-state index contributed by atoms with van der Waals surface area (Å²) in [5.41, 5.74) is -1.00. The van der Waals surface area contributed by atoms with Crippen molar-refractivity contribution in [2.45, 2.75) is 6.11 Å². The second-order valence-corrected chi connectivity index (χ2v) is 4.55. The lowest BCUT2D eigenvalue weighted by molar-refractivity contribution is -0.186. The van der Waals surface area contributed by atoms with E-state index in [0.717, 1.165) is 6.07 Å². The molecule has 0 aliphatic heterocycles. The van der Waals surface area contributed by atoms with Crippen LogP contribution >= 0.6 is 9.24 Å². The summed E-state index contributed by atoms with van der Waals surface area (Å²) in [6.45, 7) is 0. The Morgan fingerprint density at radius 1 is 0.950 bits per heavy atom. The molecule has 0 fully saturated rings. The number of rotatable bonds is 3. The fourth-order valence-corrected chi connectivity index (χ4v) is 2.05. The largest absolute Gasteiger partial charge is 0.430 e. The fraction of sp³-hybridized carbons (Fsp3) is 0.0769. The molecule has 0 aliphatic rings. The summed E-state index contributed by atoms with van der Waals surface area (Å²) in [5.74, 6) is -4.06. The van der Waals surface area contributed by atoms with Gasteiger partial charge in [-0.1, -0.05) is 12.1 Å². The molecule has 0 bridgehead atoms. The van der Waals surface area contributed by atoms with E-state index in [1.54, 1.807) is 0 Å². The van der Waals surface area contributed by atoms with Crippen molar-refractivity contribution in [2.75, 3.05) is 0 Å². The van der Waals surface area contributed by atoms with Gasteiger partial charge in [-0.3, -0.25) is 0 Å². The average Bonchev–Trinajstić information content (AvgIpc) is 2.25. The van der Waals surface area contributed by atoms with Crippen molar-refractivity contribution in [3.8, 4) is 5.75 Å². The molecule has 0 aliphatic carbocycles. The predicted octanol–water partition coefficient (Wildman–Crippen LogP) is 3.73. The molecule has 2 aromatic rings. The average molecular weight is 306 g/mol. The Labute approximate surface area is 113 Å². The number of hydrogen-bond acceptors (Lipinski definition) is 1. The van der Waals surface area contributed by atoms with Gasteiger partial charge in [-0.15, -0.1) is 9.24 Å². The zero-order valence-electron chi connectivity index (χ0n) is 9.84. The van der Waals surface area contributed by atoms with E-state index in [-0.39, 0.29) is 5.30 Å². The van der Waals surface area contributed by atoms with Crippen LogP contribution in [-0.4, -0.2) is 0 Å². The molecule has 2 aromatic carbocycles. The van der Waals surface area contributed by atoms with Crippen LogP contribution in [0, 0.1) is 17.5 Å². The monoisotopic (exact) mass is 306 g/mol. The van der Waals surface area contributed by atoms with E-state index in [4.69, 9.17) is 0 Å². The Kier molecular flexibility index (Phi) is 3.95. The second kappa shape index (κ2) is 5.37. The topological polar surface area (TPSA) is 9.23 Å². The third-order valence-electron chi connectivity index (χ3n) is 2.42. The first-order chi connectivity index (χ1) is 9.29. The maximum absolute atomic E-state index is 13.9. The Morgan fingerprint density at radius 2 is 1.55 bits per heavy atom. The number of alkyl halides is 2. The smallest absolute Gasteiger partial charge is 0.429 e. The minimum Gasteiger partial charge on any atom is -0.429 e. The first-order valence-electron chi connectivity index (χ1n) is 5.37. The number of benzene rings is 2. The van der Waals surface area contributed by atoms with E-state index >= 15 is 0 Å². The van der Waals surface area contributed by atoms with E-state index in [1.807, 2.05) is 9.24 Å². The molecule has 106 valence electrons. The third kappa shape index (κ3) is 3.07. The molecule has 7 heteroatoms. The van der Waals surface area contributed by atoms with Crippen molar-refractivity contribution in [2.24, 2.45) is 0 Å². The molecule has 1 atom stereocenters. The van der Waals surface area contributed by atoms with Gasteiger partial charge in [0.25, 0.3) is 0 Å². The first-order valence-corrected chi connectivity index (χ1v) is 5.95. The summed E-state index contributed by atoms with van der Waals surface area (Å²) in [6.07, 6.45) is -4.07.